The highest BCUT2D eigenvalue weighted by Crippen LogP contribution is 2.14. The van der Waals surface area contributed by atoms with E-state index in [0.29, 0.717) is 0 Å². The lowest BCUT2D eigenvalue weighted by molar-refractivity contribution is -0.135. The number of nitrogens with zero attached hydrogens (tertiary/aromatic N) is 1. The van der Waals surface area contributed by atoms with Crippen LogP contribution in [0.3, 0.4) is 0 Å². The number of halogens is 1. The van der Waals surface area contributed by atoms with Gasteiger partial charge in [0.05, 0.1) is 12.6 Å². The number of carbonyl (C=O) groups is 1. The largest absolute Gasteiger partial charge is 0.336 e. The van der Waals surface area contributed by atoms with E-state index in [1.165, 1.54) is 4.88 Å². The monoisotopic (exact) mass is 260 g/mol. The molecular weight excluding hydrogens is 244 g/mol. The van der Waals surface area contributed by atoms with Crippen LogP contribution in [0.2, 0.25) is 0 Å². The van der Waals surface area contributed by atoms with Gasteiger partial charge in [0.15, 0.2) is 0 Å². The number of thiophene rings is 1. The molecule has 0 aliphatic carbocycles. The van der Waals surface area contributed by atoms with Crippen molar-refractivity contribution < 1.29 is 4.79 Å². The Labute approximate surface area is 106 Å². The molecule has 1 aliphatic heterocycles. The van der Waals surface area contributed by atoms with Crippen molar-refractivity contribution in [2.45, 2.75) is 25.9 Å². The van der Waals surface area contributed by atoms with Crippen LogP contribution in [0.5, 0.6) is 0 Å². The average molecular weight is 261 g/mol. The molecule has 0 radical (unpaired) electrons. The van der Waals surface area contributed by atoms with E-state index in [-0.39, 0.29) is 24.4 Å². The summed E-state index contributed by atoms with van der Waals surface area (Å²) in [5.74, 6) is 0.247. The molecule has 0 aromatic carbocycles. The quantitative estimate of drug-likeness (QED) is 0.897. The van der Waals surface area contributed by atoms with Crippen molar-refractivity contribution in [3.05, 3.63) is 22.4 Å². The van der Waals surface area contributed by atoms with Crippen LogP contribution in [0.15, 0.2) is 17.5 Å². The maximum absolute atomic E-state index is 12.0. The van der Waals surface area contributed by atoms with E-state index in [9.17, 15) is 4.79 Å². The first-order valence-corrected chi connectivity index (χ1v) is 6.23. The Balaban J connectivity index is 0.00000128. The fourth-order valence-electron chi connectivity index (χ4n) is 1.66. The summed E-state index contributed by atoms with van der Waals surface area (Å²) < 4.78 is 0. The third-order valence-corrected chi connectivity index (χ3v) is 3.60. The molecule has 1 N–H and O–H groups in total. The van der Waals surface area contributed by atoms with Crippen molar-refractivity contribution in [2.24, 2.45) is 0 Å². The number of nitrogens with one attached hydrogen (secondary N) is 1. The van der Waals surface area contributed by atoms with Gasteiger partial charge in [0.2, 0.25) is 5.91 Å². The van der Waals surface area contributed by atoms with Gasteiger partial charge in [-0.25, -0.2) is 0 Å². The second-order valence-corrected chi connectivity index (χ2v) is 4.76. The van der Waals surface area contributed by atoms with Crippen LogP contribution in [-0.2, 0) is 11.3 Å². The molecule has 3 nitrogen and oxygen atoms in total. The third-order valence-electron chi connectivity index (χ3n) is 2.74. The molecule has 1 aliphatic rings. The summed E-state index contributed by atoms with van der Waals surface area (Å²) in [6, 6.07) is 4.18. The summed E-state index contributed by atoms with van der Waals surface area (Å²) in [6.45, 7) is 4.55. The van der Waals surface area contributed by atoms with Crippen LogP contribution in [0.4, 0.5) is 0 Å². The molecular formula is C11H17ClN2OS. The van der Waals surface area contributed by atoms with E-state index >= 15 is 0 Å². The van der Waals surface area contributed by atoms with Crippen molar-refractivity contribution in [1.82, 2.24) is 10.2 Å². The van der Waals surface area contributed by atoms with Crippen LogP contribution in [0.1, 0.15) is 18.2 Å². The Kier molecular flexibility index (Phi) is 5.25. The fraction of sp³-hybridized carbons (Fsp3) is 0.545. The molecule has 1 saturated heterocycles. The maximum Gasteiger partial charge on any atom is 0.240 e. The normalized spacial score (nSPS) is 18.4. The Morgan fingerprint density at radius 2 is 2.44 bits per heavy atom. The predicted octanol–water partition coefficient (Wildman–Crippen LogP) is 1.88. The minimum Gasteiger partial charge on any atom is -0.336 e. The first kappa shape index (κ1) is 13.5. The number of likely N-dealkylation sites (N-methyl/N-ethyl adjacent to an activating group) is 1. The van der Waals surface area contributed by atoms with Crippen molar-refractivity contribution in [3.8, 4) is 0 Å². The van der Waals surface area contributed by atoms with E-state index < -0.39 is 0 Å². The summed E-state index contributed by atoms with van der Waals surface area (Å²) >= 11 is 1.71. The summed E-state index contributed by atoms with van der Waals surface area (Å²) in [6.07, 6.45) is 0.986. The first-order chi connectivity index (χ1) is 7.31. The van der Waals surface area contributed by atoms with Crippen molar-refractivity contribution in [1.29, 1.82) is 0 Å². The molecule has 0 saturated carbocycles. The number of amides is 1. The molecule has 2 heterocycles. The minimum absolute atomic E-state index is 0. The summed E-state index contributed by atoms with van der Waals surface area (Å²) in [7, 11) is 0. The van der Waals surface area contributed by atoms with E-state index in [1.807, 2.05) is 17.9 Å². The summed E-state index contributed by atoms with van der Waals surface area (Å²) in [4.78, 5) is 15.1. The zero-order valence-corrected chi connectivity index (χ0v) is 10.9. The number of rotatable bonds is 4. The predicted molar refractivity (Wildman–Crippen MR) is 69.1 cm³/mol. The van der Waals surface area contributed by atoms with Crippen LogP contribution in [-0.4, -0.2) is 29.9 Å². The molecule has 90 valence electrons. The van der Waals surface area contributed by atoms with Crippen LogP contribution in [0, 0.1) is 0 Å². The Bertz CT molecular complexity index is 325. The van der Waals surface area contributed by atoms with E-state index in [1.54, 1.807) is 11.3 Å². The topological polar surface area (TPSA) is 32.3 Å². The van der Waals surface area contributed by atoms with Gasteiger partial charge in [-0.3, -0.25) is 4.79 Å². The molecule has 1 fully saturated rings. The number of hydrogen-bond donors (Lipinski definition) is 1. The lowest BCUT2D eigenvalue weighted by Crippen LogP contribution is -2.54. The maximum atomic E-state index is 12.0. The van der Waals surface area contributed by atoms with Gasteiger partial charge in [-0.15, -0.1) is 23.7 Å². The molecule has 1 aromatic heterocycles. The smallest absolute Gasteiger partial charge is 0.240 e. The Hall–Kier alpha value is -0.580. The zero-order valence-electron chi connectivity index (χ0n) is 9.31. The highest BCUT2D eigenvalue weighted by atomic mass is 35.5. The summed E-state index contributed by atoms with van der Waals surface area (Å²) in [5, 5.41) is 5.20. The highest BCUT2D eigenvalue weighted by Gasteiger charge is 2.28. The van der Waals surface area contributed by atoms with Gasteiger partial charge < -0.3 is 10.2 Å². The molecule has 1 amide bonds. The van der Waals surface area contributed by atoms with Crippen LogP contribution in [0.25, 0.3) is 0 Å². The van der Waals surface area contributed by atoms with E-state index in [0.717, 1.165) is 26.1 Å². The van der Waals surface area contributed by atoms with Crippen LogP contribution >= 0.6 is 23.7 Å². The van der Waals surface area contributed by atoms with Crippen molar-refractivity contribution in [2.75, 3.05) is 13.1 Å². The minimum atomic E-state index is 0. The number of carbonyl (C=O) groups excluding carboxylic acids is 1. The van der Waals surface area contributed by atoms with Crippen LogP contribution < -0.4 is 5.32 Å². The number of hydrogen-bond acceptors (Lipinski definition) is 3. The molecule has 2 rings (SSSR count). The molecule has 0 unspecified atom stereocenters. The molecule has 16 heavy (non-hydrogen) atoms. The molecule has 1 atom stereocenters. The molecule has 5 heteroatoms. The van der Waals surface area contributed by atoms with Gasteiger partial charge in [0.25, 0.3) is 0 Å². The second-order valence-electron chi connectivity index (χ2n) is 3.73. The lowest BCUT2D eigenvalue weighted by atomic mass is 10.1. The summed E-state index contributed by atoms with van der Waals surface area (Å²) in [5.41, 5.74) is 0. The van der Waals surface area contributed by atoms with Gasteiger partial charge >= 0.3 is 0 Å². The first-order valence-electron chi connectivity index (χ1n) is 5.36. The standard InChI is InChI=1S/C11H16N2OS.ClH/c1-2-13(8-9-4-3-7-15-9)11(14)10-5-6-12-10;/h3-4,7,10,12H,2,5-6,8H2,1H3;1H/t10-;/m1./s1. The molecule has 1 aromatic rings. The van der Waals surface area contributed by atoms with Gasteiger partial charge in [-0.05, 0) is 31.3 Å². The molecule has 0 spiro atoms. The van der Waals surface area contributed by atoms with Gasteiger partial charge in [0.1, 0.15) is 0 Å². The second kappa shape index (κ2) is 6.23. The average Bonchev–Trinajstić information content (AvgIpc) is 2.63. The Morgan fingerprint density at radius 3 is 2.88 bits per heavy atom. The van der Waals surface area contributed by atoms with Gasteiger partial charge in [0, 0.05) is 11.4 Å². The van der Waals surface area contributed by atoms with E-state index in [2.05, 4.69) is 16.8 Å². The highest BCUT2D eigenvalue weighted by molar-refractivity contribution is 7.09. The Morgan fingerprint density at radius 1 is 1.69 bits per heavy atom. The zero-order chi connectivity index (χ0) is 10.7. The SMILES string of the molecule is CCN(Cc1cccs1)C(=O)[C@H]1CCN1.Cl. The van der Waals surface area contributed by atoms with Crippen molar-refractivity contribution >= 4 is 29.7 Å². The van der Waals surface area contributed by atoms with E-state index in [4.69, 9.17) is 0 Å². The molecule has 0 bridgehead atoms. The fourth-order valence-corrected chi connectivity index (χ4v) is 2.38. The van der Waals surface area contributed by atoms with Gasteiger partial charge in [-0.1, -0.05) is 6.07 Å². The lowest BCUT2D eigenvalue weighted by Gasteiger charge is -2.32. The van der Waals surface area contributed by atoms with Crippen molar-refractivity contribution in [3.63, 3.8) is 0 Å². The third kappa shape index (κ3) is 2.97. The van der Waals surface area contributed by atoms with Gasteiger partial charge in [-0.2, -0.15) is 0 Å².